The summed E-state index contributed by atoms with van der Waals surface area (Å²) >= 11 is 0. The molecule has 0 bridgehead atoms. The fourth-order valence-electron chi connectivity index (χ4n) is 1.77. The van der Waals surface area contributed by atoms with Gasteiger partial charge in [0, 0.05) is 30.4 Å². The summed E-state index contributed by atoms with van der Waals surface area (Å²) in [6.07, 6.45) is 0. The van der Waals surface area contributed by atoms with E-state index in [-0.39, 0.29) is 5.75 Å². The van der Waals surface area contributed by atoms with Gasteiger partial charge in [0.25, 0.3) is 0 Å². The first-order chi connectivity index (χ1) is 9.62. The molecule has 2 aromatic rings. The maximum absolute atomic E-state index is 13.2. The van der Waals surface area contributed by atoms with Crippen LogP contribution in [0.4, 0.5) is 10.1 Å². The van der Waals surface area contributed by atoms with Crippen LogP contribution < -0.4 is 14.8 Å². The van der Waals surface area contributed by atoms with Gasteiger partial charge in [-0.2, -0.15) is 0 Å². The van der Waals surface area contributed by atoms with E-state index in [1.165, 1.54) is 12.1 Å². The molecule has 0 fully saturated rings. The number of phenolic OH excluding ortho intramolecular Hbond substituents is 1. The lowest BCUT2D eigenvalue weighted by atomic mass is 10.2. The maximum atomic E-state index is 13.2. The van der Waals surface area contributed by atoms with Gasteiger partial charge in [-0.25, -0.2) is 4.39 Å². The summed E-state index contributed by atoms with van der Waals surface area (Å²) in [6.45, 7) is 0.424. The van der Waals surface area contributed by atoms with E-state index < -0.39 is 5.82 Å². The van der Waals surface area contributed by atoms with Gasteiger partial charge in [0.2, 0.25) is 0 Å². The molecular weight excluding hydrogens is 261 g/mol. The van der Waals surface area contributed by atoms with E-state index in [2.05, 4.69) is 5.32 Å². The topological polar surface area (TPSA) is 50.7 Å². The molecule has 0 heterocycles. The highest BCUT2D eigenvalue weighted by Crippen LogP contribution is 2.26. The van der Waals surface area contributed by atoms with Gasteiger partial charge < -0.3 is 19.9 Å². The number of halogens is 1. The zero-order valence-corrected chi connectivity index (χ0v) is 11.3. The Hall–Kier alpha value is -2.43. The third-order valence-corrected chi connectivity index (χ3v) is 2.86. The molecule has 2 aromatic carbocycles. The Labute approximate surface area is 116 Å². The van der Waals surface area contributed by atoms with Gasteiger partial charge >= 0.3 is 0 Å². The predicted molar refractivity (Wildman–Crippen MR) is 74.9 cm³/mol. The highest BCUT2D eigenvalue weighted by Gasteiger charge is 2.04. The molecule has 0 aliphatic heterocycles. The summed E-state index contributed by atoms with van der Waals surface area (Å²) in [5.74, 6) is 0.358. The zero-order valence-electron chi connectivity index (χ0n) is 11.3. The fourth-order valence-corrected chi connectivity index (χ4v) is 1.77. The number of aromatic hydroxyl groups is 1. The van der Waals surface area contributed by atoms with Gasteiger partial charge in [0.05, 0.1) is 14.2 Å². The highest BCUT2D eigenvalue weighted by molar-refractivity contribution is 5.54. The summed E-state index contributed by atoms with van der Waals surface area (Å²) in [5, 5.41) is 12.3. The summed E-state index contributed by atoms with van der Waals surface area (Å²) in [5.41, 5.74) is 1.52. The molecule has 5 heteroatoms. The molecule has 0 aliphatic carbocycles. The standard InChI is InChI=1S/C15H16FNO3/c1-19-12-6-11(7-13(8-12)20-2)17-9-10-3-4-15(18)14(16)5-10/h3-8,17-18H,9H2,1-2H3. The summed E-state index contributed by atoms with van der Waals surface area (Å²) in [6, 6.07) is 9.69. The van der Waals surface area contributed by atoms with Gasteiger partial charge in [-0.1, -0.05) is 6.07 Å². The van der Waals surface area contributed by atoms with E-state index in [1.54, 1.807) is 26.4 Å². The molecule has 0 atom stereocenters. The van der Waals surface area contributed by atoms with Crippen LogP contribution in [0.15, 0.2) is 36.4 Å². The third-order valence-electron chi connectivity index (χ3n) is 2.86. The molecule has 0 amide bonds. The minimum absolute atomic E-state index is 0.350. The van der Waals surface area contributed by atoms with Gasteiger partial charge in [0.15, 0.2) is 11.6 Å². The number of anilines is 1. The van der Waals surface area contributed by atoms with Gasteiger partial charge in [-0.15, -0.1) is 0 Å². The first-order valence-corrected chi connectivity index (χ1v) is 6.06. The first-order valence-electron chi connectivity index (χ1n) is 6.06. The predicted octanol–water partition coefficient (Wildman–Crippen LogP) is 3.16. The smallest absolute Gasteiger partial charge is 0.165 e. The monoisotopic (exact) mass is 277 g/mol. The highest BCUT2D eigenvalue weighted by atomic mass is 19.1. The van der Waals surface area contributed by atoms with Crippen molar-refractivity contribution in [2.24, 2.45) is 0 Å². The Balaban J connectivity index is 2.11. The lowest BCUT2D eigenvalue weighted by molar-refractivity contribution is 0.394. The number of rotatable bonds is 5. The number of hydrogen-bond donors (Lipinski definition) is 2. The molecule has 0 spiro atoms. The van der Waals surface area contributed by atoms with Crippen molar-refractivity contribution in [1.29, 1.82) is 0 Å². The lowest BCUT2D eigenvalue weighted by Gasteiger charge is -2.11. The SMILES string of the molecule is COc1cc(NCc2ccc(O)c(F)c2)cc(OC)c1. The van der Waals surface area contributed by atoms with Gasteiger partial charge in [-0.05, 0) is 17.7 Å². The Morgan fingerprint density at radius 3 is 2.25 bits per heavy atom. The van der Waals surface area contributed by atoms with E-state index in [1.807, 2.05) is 12.1 Å². The average Bonchev–Trinajstić information content (AvgIpc) is 2.48. The first kappa shape index (κ1) is 14.0. The van der Waals surface area contributed by atoms with Crippen molar-refractivity contribution < 1.29 is 19.0 Å². The number of phenols is 1. The second kappa shape index (κ2) is 6.14. The Bertz CT molecular complexity index is 579. The molecule has 4 nitrogen and oxygen atoms in total. The van der Waals surface area contributed by atoms with Crippen molar-refractivity contribution in [3.8, 4) is 17.2 Å². The number of benzene rings is 2. The lowest BCUT2D eigenvalue weighted by Crippen LogP contribution is -2.00. The van der Waals surface area contributed by atoms with Crippen molar-refractivity contribution in [2.75, 3.05) is 19.5 Å². The molecule has 20 heavy (non-hydrogen) atoms. The van der Waals surface area contributed by atoms with Gasteiger partial charge in [0.1, 0.15) is 11.5 Å². The molecule has 0 aromatic heterocycles. The molecule has 0 unspecified atom stereocenters. The van der Waals surface area contributed by atoms with E-state index in [0.717, 1.165) is 11.3 Å². The minimum Gasteiger partial charge on any atom is -0.505 e. The van der Waals surface area contributed by atoms with Crippen molar-refractivity contribution in [1.82, 2.24) is 0 Å². The van der Waals surface area contributed by atoms with Crippen LogP contribution in [-0.4, -0.2) is 19.3 Å². The van der Waals surface area contributed by atoms with E-state index in [9.17, 15) is 4.39 Å². The summed E-state index contributed by atoms with van der Waals surface area (Å²) < 4.78 is 23.6. The number of hydrogen-bond acceptors (Lipinski definition) is 4. The number of nitrogens with one attached hydrogen (secondary N) is 1. The second-order valence-electron chi connectivity index (χ2n) is 4.24. The molecule has 106 valence electrons. The van der Waals surface area contributed by atoms with Crippen LogP contribution in [-0.2, 0) is 6.54 Å². The molecule has 2 N–H and O–H groups in total. The maximum Gasteiger partial charge on any atom is 0.165 e. The molecule has 0 saturated heterocycles. The van der Waals surface area contributed by atoms with Gasteiger partial charge in [-0.3, -0.25) is 0 Å². The molecular formula is C15H16FNO3. The second-order valence-corrected chi connectivity index (χ2v) is 4.24. The van der Waals surface area contributed by atoms with Crippen molar-refractivity contribution in [3.63, 3.8) is 0 Å². The van der Waals surface area contributed by atoms with Crippen LogP contribution in [0.2, 0.25) is 0 Å². The number of methoxy groups -OCH3 is 2. The van der Waals surface area contributed by atoms with Crippen molar-refractivity contribution in [2.45, 2.75) is 6.54 Å². The molecule has 0 radical (unpaired) electrons. The van der Waals surface area contributed by atoms with Crippen molar-refractivity contribution >= 4 is 5.69 Å². The Kier molecular flexibility index (Phi) is 4.30. The zero-order chi connectivity index (χ0) is 14.5. The van der Waals surface area contributed by atoms with Crippen LogP contribution >= 0.6 is 0 Å². The van der Waals surface area contributed by atoms with Crippen LogP contribution in [0.25, 0.3) is 0 Å². The summed E-state index contributed by atoms with van der Waals surface area (Å²) in [4.78, 5) is 0. The molecule has 2 rings (SSSR count). The van der Waals surface area contributed by atoms with E-state index >= 15 is 0 Å². The largest absolute Gasteiger partial charge is 0.505 e. The van der Waals surface area contributed by atoms with Crippen LogP contribution in [0.3, 0.4) is 0 Å². The van der Waals surface area contributed by atoms with E-state index in [4.69, 9.17) is 14.6 Å². The number of ether oxygens (including phenoxy) is 2. The average molecular weight is 277 g/mol. The fraction of sp³-hybridized carbons (Fsp3) is 0.200. The molecule has 0 aliphatic rings. The Morgan fingerprint density at radius 2 is 1.70 bits per heavy atom. The minimum atomic E-state index is -0.632. The molecule has 0 saturated carbocycles. The van der Waals surface area contributed by atoms with Crippen molar-refractivity contribution in [3.05, 3.63) is 47.8 Å². The normalized spacial score (nSPS) is 10.2. The van der Waals surface area contributed by atoms with Crippen LogP contribution in [0.5, 0.6) is 17.2 Å². The van der Waals surface area contributed by atoms with Crippen LogP contribution in [0.1, 0.15) is 5.56 Å². The van der Waals surface area contributed by atoms with Crippen LogP contribution in [0, 0.1) is 5.82 Å². The Morgan fingerprint density at radius 1 is 1.05 bits per heavy atom. The van der Waals surface area contributed by atoms with E-state index in [0.29, 0.717) is 18.0 Å². The summed E-state index contributed by atoms with van der Waals surface area (Å²) in [7, 11) is 3.15. The quantitative estimate of drug-likeness (QED) is 0.881. The third kappa shape index (κ3) is 3.32.